The van der Waals surface area contributed by atoms with Crippen LogP contribution >= 0.6 is 0 Å². The summed E-state index contributed by atoms with van der Waals surface area (Å²) >= 11 is 0. The number of hydrogen-bond acceptors (Lipinski definition) is 1. The van der Waals surface area contributed by atoms with Gasteiger partial charge in [-0.15, -0.1) is 0 Å². The molecule has 0 aliphatic rings. The highest BCUT2D eigenvalue weighted by Crippen LogP contribution is 2.13. The zero-order valence-corrected chi connectivity index (χ0v) is 5.39. The number of H-pyrrole nitrogens is 1. The molecule has 0 aliphatic heterocycles. The molecular weight excluding hydrogens is 124 g/mol. The molecule has 49 valence electrons. The second-order valence-electron chi connectivity index (χ2n) is 2.24. The number of nitrogens with one attached hydrogen (secondary N) is 1. The Hall–Kier alpha value is -1.44. The molecule has 3 N–H and O–H groups in total. The number of nitrogen functional groups attached to an aromatic ring is 1. The van der Waals surface area contributed by atoms with E-state index in [9.17, 15) is 0 Å². The summed E-state index contributed by atoms with van der Waals surface area (Å²) in [4.78, 5) is 3.02. The summed E-state index contributed by atoms with van der Waals surface area (Å²) in [6.07, 6.45) is 1.78. The van der Waals surface area contributed by atoms with Crippen molar-refractivity contribution in [1.29, 1.82) is 0 Å². The Morgan fingerprint density at radius 1 is 1.40 bits per heavy atom. The van der Waals surface area contributed by atoms with Gasteiger partial charge in [0.1, 0.15) is 0 Å². The molecule has 1 aromatic carbocycles. The third kappa shape index (κ3) is 0.658. The van der Waals surface area contributed by atoms with Crippen molar-refractivity contribution < 1.29 is 0 Å². The molecule has 1 heterocycles. The Morgan fingerprint density at radius 3 is 3.20 bits per heavy atom. The highest BCUT2D eigenvalue weighted by atomic mass is 14.7. The lowest BCUT2D eigenvalue weighted by Crippen LogP contribution is -1.81. The van der Waals surface area contributed by atoms with Crippen molar-refractivity contribution in [2.75, 3.05) is 5.73 Å². The van der Waals surface area contributed by atoms with Crippen LogP contribution in [0.5, 0.6) is 0 Å². The van der Waals surface area contributed by atoms with Crippen LogP contribution in [0, 0.1) is 6.07 Å². The summed E-state index contributed by atoms with van der Waals surface area (Å²) in [6, 6.07) is 8.74. The average molecular weight is 131 g/mol. The van der Waals surface area contributed by atoms with Gasteiger partial charge in [-0.3, -0.25) is 0 Å². The van der Waals surface area contributed by atoms with Gasteiger partial charge < -0.3 is 10.7 Å². The van der Waals surface area contributed by atoms with Crippen LogP contribution in [0.25, 0.3) is 10.9 Å². The second-order valence-corrected chi connectivity index (χ2v) is 2.24. The van der Waals surface area contributed by atoms with Crippen molar-refractivity contribution in [3.05, 3.63) is 30.5 Å². The monoisotopic (exact) mass is 131 g/mol. The van der Waals surface area contributed by atoms with E-state index in [-0.39, 0.29) is 0 Å². The first-order valence-corrected chi connectivity index (χ1v) is 3.10. The van der Waals surface area contributed by atoms with Crippen molar-refractivity contribution in [3.8, 4) is 0 Å². The largest absolute Gasteiger partial charge is 0.399 e. The van der Waals surface area contributed by atoms with Gasteiger partial charge in [0.15, 0.2) is 0 Å². The number of hydrogen-bond donors (Lipinski definition) is 2. The van der Waals surface area contributed by atoms with E-state index in [1.54, 1.807) is 6.20 Å². The van der Waals surface area contributed by atoms with E-state index in [4.69, 9.17) is 5.73 Å². The van der Waals surface area contributed by atoms with Crippen LogP contribution in [0.15, 0.2) is 24.4 Å². The fraction of sp³-hybridized carbons (Fsp3) is 0. The zero-order chi connectivity index (χ0) is 6.97. The molecule has 0 aliphatic carbocycles. The van der Waals surface area contributed by atoms with Gasteiger partial charge in [-0.25, -0.2) is 0 Å². The van der Waals surface area contributed by atoms with Crippen molar-refractivity contribution in [3.63, 3.8) is 0 Å². The topological polar surface area (TPSA) is 41.8 Å². The Bertz CT molecular complexity index is 349. The molecule has 1 radical (unpaired) electrons. The third-order valence-electron chi connectivity index (χ3n) is 1.50. The Labute approximate surface area is 58.7 Å². The molecule has 2 nitrogen and oxygen atoms in total. The highest BCUT2D eigenvalue weighted by Gasteiger charge is 1.92. The Kier molecular flexibility index (Phi) is 0.947. The SMILES string of the molecule is Nc1ccc2[c]c[nH]c2c1. The number of aromatic nitrogens is 1. The molecule has 0 spiro atoms. The van der Waals surface area contributed by atoms with Crippen molar-refractivity contribution >= 4 is 16.6 Å². The molecule has 2 heteroatoms. The Balaban J connectivity index is 2.86. The van der Waals surface area contributed by atoms with Gasteiger partial charge in [-0.05, 0) is 12.1 Å². The van der Waals surface area contributed by atoms with Gasteiger partial charge in [-0.2, -0.15) is 0 Å². The van der Waals surface area contributed by atoms with Gasteiger partial charge in [0.2, 0.25) is 0 Å². The van der Waals surface area contributed by atoms with E-state index in [2.05, 4.69) is 11.1 Å². The normalized spacial score (nSPS) is 10.4. The summed E-state index contributed by atoms with van der Waals surface area (Å²) in [6.45, 7) is 0. The first kappa shape index (κ1) is 5.35. The maximum atomic E-state index is 5.55. The summed E-state index contributed by atoms with van der Waals surface area (Å²) < 4.78 is 0. The summed E-state index contributed by atoms with van der Waals surface area (Å²) in [7, 11) is 0. The van der Waals surface area contributed by atoms with Gasteiger partial charge >= 0.3 is 0 Å². The van der Waals surface area contributed by atoms with E-state index in [1.165, 1.54) is 0 Å². The van der Waals surface area contributed by atoms with Crippen molar-refractivity contribution in [2.45, 2.75) is 0 Å². The van der Waals surface area contributed by atoms with Crippen LogP contribution in [-0.4, -0.2) is 4.98 Å². The van der Waals surface area contributed by atoms with Gasteiger partial charge in [0.25, 0.3) is 0 Å². The molecule has 0 saturated carbocycles. The van der Waals surface area contributed by atoms with Crippen LogP contribution in [0.2, 0.25) is 0 Å². The molecular formula is C8H7N2. The van der Waals surface area contributed by atoms with Gasteiger partial charge in [-0.1, -0.05) is 6.07 Å². The number of rotatable bonds is 0. The van der Waals surface area contributed by atoms with E-state index in [0.717, 1.165) is 16.6 Å². The lowest BCUT2D eigenvalue weighted by atomic mass is 10.2. The minimum Gasteiger partial charge on any atom is -0.399 e. The number of benzene rings is 1. The summed E-state index contributed by atoms with van der Waals surface area (Å²) in [5.74, 6) is 0. The molecule has 0 bridgehead atoms. The van der Waals surface area contributed by atoms with E-state index in [1.807, 2.05) is 18.2 Å². The predicted octanol–water partition coefficient (Wildman–Crippen LogP) is 1.55. The smallest absolute Gasteiger partial charge is 0.0481 e. The van der Waals surface area contributed by atoms with Crippen molar-refractivity contribution in [2.24, 2.45) is 0 Å². The first-order valence-electron chi connectivity index (χ1n) is 3.10. The fourth-order valence-electron chi connectivity index (χ4n) is 0.999. The molecule has 0 saturated heterocycles. The van der Waals surface area contributed by atoms with Crippen LogP contribution in [-0.2, 0) is 0 Å². The number of aromatic amines is 1. The lowest BCUT2D eigenvalue weighted by molar-refractivity contribution is 1.47. The summed E-state index contributed by atoms with van der Waals surface area (Å²) in [5.41, 5.74) is 7.37. The van der Waals surface area contributed by atoms with Crippen LogP contribution in [0.3, 0.4) is 0 Å². The molecule has 0 amide bonds. The second kappa shape index (κ2) is 1.77. The maximum Gasteiger partial charge on any atom is 0.0481 e. The lowest BCUT2D eigenvalue weighted by Gasteiger charge is -1.90. The van der Waals surface area contributed by atoms with Gasteiger partial charge in [0.05, 0.1) is 0 Å². The molecule has 1 aromatic heterocycles. The minimum atomic E-state index is 0.781. The molecule has 0 unspecified atom stereocenters. The quantitative estimate of drug-likeness (QED) is 0.523. The van der Waals surface area contributed by atoms with E-state index in [0.29, 0.717) is 0 Å². The molecule has 10 heavy (non-hydrogen) atoms. The third-order valence-corrected chi connectivity index (χ3v) is 1.50. The predicted molar refractivity (Wildman–Crippen MR) is 41.5 cm³/mol. The van der Waals surface area contributed by atoms with Crippen LogP contribution in [0.4, 0.5) is 5.69 Å². The van der Waals surface area contributed by atoms with E-state index >= 15 is 0 Å². The number of nitrogens with two attached hydrogens (primary N) is 1. The van der Waals surface area contributed by atoms with Crippen molar-refractivity contribution in [1.82, 2.24) is 4.98 Å². The molecule has 2 rings (SSSR count). The zero-order valence-electron chi connectivity index (χ0n) is 5.39. The van der Waals surface area contributed by atoms with Crippen LogP contribution < -0.4 is 5.73 Å². The average Bonchev–Trinajstić information content (AvgIpc) is 2.33. The maximum absolute atomic E-state index is 5.55. The molecule has 0 atom stereocenters. The Morgan fingerprint density at radius 2 is 2.30 bits per heavy atom. The number of fused-ring (bicyclic) bond motifs is 1. The van der Waals surface area contributed by atoms with Gasteiger partial charge in [0, 0.05) is 28.9 Å². The highest BCUT2D eigenvalue weighted by molar-refractivity contribution is 5.81. The fourth-order valence-corrected chi connectivity index (χ4v) is 0.999. The molecule has 2 aromatic rings. The molecule has 0 fully saturated rings. The minimum absolute atomic E-state index is 0.781. The number of anilines is 1. The van der Waals surface area contributed by atoms with Crippen LogP contribution in [0.1, 0.15) is 0 Å². The summed E-state index contributed by atoms with van der Waals surface area (Å²) in [5, 5.41) is 1.08. The standard InChI is InChI=1S/C8H7N2/c9-7-2-1-6-3-4-10-8(6)5-7/h1-2,4-5,10H,9H2. The van der Waals surface area contributed by atoms with E-state index < -0.39 is 0 Å². The first-order chi connectivity index (χ1) is 4.86.